The van der Waals surface area contributed by atoms with E-state index in [0.717, 1.165) is 146 Å². The summed E-state index contributed by atoms with van der Waals surface area (Å²) in [5.41, 5.74) is 5.88. The zero-order valence-electron chi connectivity index (χ0n) is 53.5. The highest BCUT2D eigenvalue weighted by Crippen LogP contribution is 2.72. The smallest absolute Gasteiger partial charge is 0.355 e. The van der Waals surface area contributed by atoms with Crippen LogP contribution in [0.1, 0.15) is 165 Å². The maximum absolute atomic E-state index is 14.4. The Bertz CT molecular complexity index is 3840. The molecule has 5 aromatic heterocycles. The molecular formula is C69H85N13O7S2. The summed E-state index contributed by atoms with van der Waals surface area (Å²) in [6.45, 7) is 15.1. The number of hydrogen-bond acceptors (Lipinski definition) is 18. The van der Waals surface area contributed by atoms with Crippen LogP contribution in [0.4, 0.5) is 22.6 Å². The van der Waals surface area contributed by atoms with Crippen LogP contribution in [-0.4, -0.2) is 145 Å². The Morgan fingerprint density at radius 2 is 1.64 bits per heavy atom. The number of aromatic nitrogens is 7. The number of ether oxygens (including phenoxy) is 2. The maximum Gasteiger partial charge on any atom is 0.355 e. The number of hydrogen-bond donors (Lipinski definition) is 4. The van der Waals surface area contributed by atoms with Gasteiger partial charge in [0.05, 0.1) is 40.7 Å². The molecule has 5 aliphatic carbocycles. The van der Waals surface area contributed by atoms with Crippen molar-refractivity contribution < 1.29 is 33.8 Å². The van der Waals surface area contributed by atoms with Crippen molar-refractivity contribution in [1.29, 1.82) is 0 Å². The first-order valence-electron chi connectivity index (χ1n) is 32.7. The van der Waals surface area contributed by atoms with Crippen molar-refractivity contribution in [2.24, 2.45) is 22.2 Å². The Morgan fingerprint density at radius 3 is 2.42 bits per heavy atom. The van der Waals surface area contributed by atoms with Gasteiger partial charge in [0, 0.05) is 71.6 Å². The first kappa shape index (κ1) is 62.6. The number of pyridine rings is 1. The molecule has 91 heavy (non-hydrogen) atoms. The van der Waals surface area contributed by atoms with Gasteiger partial charge in [-0.25, -0.2) is 19.7 Å². The molecule has 2 aromatic carbocycles. The van der Waals surface area contributed by atoms with Crippen LogP contribution in [-0.2, 0) is 27.3 Å². The molecule has 2 aliphatic heterocycles. The third-order valence-electron chi connectivity index (χ3n) is 20.6. The standard InChI is InChI=1S/C69H85N13O7S2/c1-42-48-20-14-27-81(60(48)78-77-59(42)76-65-73-51-21-11-12-23-54(51)91-65)55-25-24-49(57(74-55)64(86)87)50-33-71-82(44(50)3)41-68-36-66(4)35-67(5,37-68)39-69(38-66,40-68)89-31-29-79(7)28-30-88-47-19-13-18-46(32-47)58(83)52-34-90-62(72-52)53-22-15-26-80(53)63(85)56(45-16-9-8-10-17-45)75-61(84)43(2)70-6/h11-13,18-19,21,23-25,32-34,43,45,53,56,70H,8-10,14-17,20,22,26-31,35-41H2,1-7H3,(H,75,84)(H,86,87)(H,73,76,77)/t43-,53-,56-,66?,67?,68?,69?/m0/s1. The van der Waals surface area contributed by atoms with Crippen LogP contribution < -0.4 is 25.6 Å². The second kappa shape index (κ2) is 25.3. The van der Waals surface area contributed by atoms with E-state index in [0.29, 0.717) is 72.9 Å². The summed E-state index contributed by atoms with van der Waals surface area (Å²) in [7, 11) is 3.83. The zero-order chi connectivity index (χ0) is 63.4. The lowest BCUT2D eigenvalue weighted by atomic mass is 9.39. The number of carbonyl (C=O) groups is 4. The molecule has 22 heteroatoms. The molecule has 0 spiro atoms. The fourth-order valence-electron chi connectivity index (χ4n) is 17.3. The Labute approximate surface area is 540 Å². The molecule has 4 bridgehead atoms. The zero-order valence-corrected chi connectivity index (χ0v) is 55.1. The minimum atomic E-state index is -1.11. The molecule has 4 N–H and O–H groups in total. The number of thiazole rings is 2. The number of likely N-dealkylation sites (tertiary alicyclic amines) is 1. The highest BCUT2D eigenvalue weighted by molar-refractivity contribution is 7.22. The number of carbonyl (C=O) groups excluding carboxylic acids is 3. The number of fused-ring (bicyclic) bond motifs is 2. The molecule has 2 amide bonds. The van der Waals surface area contributed by atoms with E-state index in [2.05, 4.69) is 57.6 Å². The highest BCUT2D eigenvalue weighted by atomic mass is 32.1. The van der Waals surface area contributed by atoms with E-state index in [4.69, 9.17) is 34.6 Å². The van der Waals surface area contributed by atoms with Gasteiger partial charge in [-0.05, 0) is 170 Å². The van der Waals surface area contributed by atoms with Crippen LogP contribution in [0.5, 0.6) is 5.75 Å². The Kier molecular flexibility index (Phi) is 17.4. The normalized spacial score (nSPS) is 24.4. The average Bonchev–Trinajstić information content (AvgIpc) is 1.01. The summed E-state index contributed by atoms with van der Waals surface area (Å²) >= 11 is 2.98. The van der Waals surface area contributed by atoms with Gasteiger partial charge in [0.15, 0.2) is 22.5 Å². The van der Waals surface area contributed by atoms with E-state index < -0.39 is 18.1 Å². The number of nitrogens with zero attached hydrogens (tertiary/aromatic N) is 10. The van der Waals surface area contributed by atoms with Gasteiger partial charge < -0.3 is 45.2 Å². The Hall–Kier alpha value is -7.24. The van der Waals surface area contributed by atoms with Crippen molar-refractivity contribution in [2.45, 2.75) is 161 Å². The lowest BCUT2D eigenvalue weighted by molar-refractivity contribution is -0.248. The molecule has 5 saturated carbocycles. The fraction of sp³-hybridized carbons (Fsp3) is 0.536. The molecule has 1 saturated heterocycles. The lowest BCUT2D eigenvalue weighted by Gasteiger charge is -2.69. The quantitative estimate of drug-likeness (QED) is 0.0436. The number of aromatic carboxylic acids is 1. The molecule has 7 heterocycles. The molecule has 7 aliphatic rings. The number of anilines is 4. The molecule has 7 aromatic rings. The van der Waals surface area contributed by atoms with Crippen LogP contribution in [0.2, 0.25) is 0 Å². The number of rotatable bonds is 23. The number of carboxylic acid groups (broad SMARTS) is 1. The van der Waals surface area contributed by atoms with Crippen molar-refractivity contribution in [3.05, 3.63) is 111 Å². The van der Waals surface area contributed by atoms with Gasteiger partial charge in [-0.1, -0.05) is 68.7 Å². The monoisotopic (exact) mass is 1270 g/mol. The SMILES string of the molecule is CN[C@@H](C)C(=O)N[C@H](C(=O)N1CCC[C@H]1c1nc(C(=O)c2cccc(OCCN(C)CCOC34CC5(C)CC(C)(CC(Cn6ncc(-c7ccc(N8CCCc9c8nnc(Nc8nc%10ccccc%10s8)c9C)nc7C(=O)O)c6C)(C5)C3)C4)c2)cs1)C1CCCCC1. The minimum absolute atomic E-state index is 0.0279. The van der Waals surface area contributed by atoms with Crippen molar-refractivity contribution in [3.8, 4) is 16.9 Å². The summed E-state index contributed by atoms with van der Waals surface area (Å²) in [5, 5.41) is 37.9. The summed E-state index contributed by atoms with van der Waals surface area (Å²) in [5.74, 6) is 1.01. The third-order valence-corrected chi connectivity index (χ3v) is 22.5. The molecule has 14 rings (SSSR count). The third kappa shape index (κ3) is 12.7. The molecule has 0 radical (unpaired) electrons. The average molecular weight is 1270 g/mol. The minimum Gasteiger partial charge on any atom is -0.492 e. The van der Waals surface area contributed by atoms with Gasteiger partial charge in [-0.3, -0.25) is 19.1 Å². The fourth-order valence-corrected chi connectivity index (χ4v) is 19.1. The number of likely N-dealkylation sites (N-methyl/N-ethyl adjacent to an activating group) is 2. The van der Waals surface area contributed by atoms with Crippen LogP contribution in [0, 0.1) is 36.0 Å². The predicted octanol–water partition coefficient (Wildman–Crippen LogP) is 11.7. The van der Waals surface area contributed by atoms with E-state index >= 15 is 0 Å². The molecule has 480 valence electrons. The van der Waals surface area contributed by atoms with E-state index in [1.54, 1.807) is 42.8 Å². The van der Waals surface area contributed by atoms with E-state index in [1.165, 1.54) is 17.8 Å². The first-order valence-corrected chi connectivity index (χ1v) is 34.4. The van der Waals surface area contributed by atoms with Crippen molar-refractivity contribution in [3.63, 3.8) is 0 Å². The number of carboxylic acids is 1. The van der Waals surface area contributed by atoms with Gasteiger partial charge in [0.2, 0.25) is 17.6 Å². The van der Waals surface area contributed by atoms with E-state index in [1.807, 2.05) is 72.3 Å². The topological polar surface area (TPSA) is 235 Å². The Balaban J connectivity index is 0.619. The number of para-hydroxylation sites is 1. The summed E-state index contributed by atoms with van der Waals surface area (Å²) < 4.78 is 16.6. The number of ketones is 1. The molecule has 2 unspecified atom stereocenters. The largest absolute Gasteiger partial charge is 0.492 e. The summed E-state index contributed by atoms with van der Waals surface area (Å²) in [4.78, 5) is 75.2. The van der Waals surface area contributed by atoms with Gasteiger partial charge in [0.25, 0.3) is 0 Å². The second-order valence-corrected chi connectivity index (χ2v) is 29.8. The highest BCUT2D eigenvalue weighted by Gasteiger charge is 2.66. The van der Waals surface area contributed by atoms with E-state index in [-0.39, 0.29) is 57.1 Å². The van der Waals surface area contributed by atoms with E-state index in [9.17, 15) is 24.3 Å². The Morgan fingerprint density at radius 1 is 0.846 bits per heavy atom. The van der Waals surface area contributed by atoms with Gasteiger partial charge in [-0.15, -0.1) is 21.5 Å². The first-order chi connectivity index (χ1) is 43.8. The van der Waals surface area contributed by atoms with Crippen molar-refractivity contribution in [1.82, 2.24) is 55.4 Å². The molecular weight excluding hydrogens is 1190 g/mol. The molecule has 5 atom stereocenters. The second-order valence-electron chi connectivity index (χ2n) is 27.9. The number of benzene rings is 2. The van der Waals surface area contributed by atoms with Crippen molar-refractivity contribution >= 4 is 79.0 Å². The lowest BCUT2D eigenvalue weighted by Crippen LogP contribution is -2.64. The maximum atomic E-state index is 14.4. The molecule has 6 fully saturated rings. The number of nitrogens with one attached hydrogen (secondary N) is 3. The van der Waals surface area contributed by atoms with Gasteiger partial charge in [0.1, 0.15) is 34.9 Å². The van der Waals surface area contributed by atoms with Crippen LogP contribution in [0.15, 0.2) is 72.2 Å². The predicted molar refractivity (Wildman–Crippen MR) is 353 cm³/mol. The van der Waals surface area contributed by atoms with Crippen LogP contribution in [0.25, 0.3) is 21.3 Å². The van der Waals surface area contributed by atoms with Crippen molar-refractivity contribution in [2.75, 3.05) is 63.7 Å². The summed E-state index contributed by atoms with van der Waals surface area (Å²) in [6.07, 6.45) is 16.5. The number of amides is 2. The van der Waals surface area contributed by atoms with Crippen LogP contribution >= 0.6 is 22.7 Å². The molecule has 20 nitrogen and oxygen atoms in total. The summed E-state index contributed by atoms with van der Waals surface area (Å²) in [6, 6.07) is 17.8. The van der Waals surface area contributed by atoms with Gasteiger partial charge in [-0.2, -0.15) is 5.10 Å². The van der Waals surface area contributed by atoms with Gasteiger partial charge >= 0.3 is 5.97 Å². The van der Waals surface area contributed by atoms with Crippen LogP contribution in [0.3, 0.4) is 0 Å².